The molecule has 0 unspecified atom stereocenters. The Labute approximate surface area is 114 Å². The van der Waals surface area contributed by atoms with Crippen molar-refractivity contribution in [2.24, 2.45) is 4.99 Å². The first-order valence-corrected chi connectivity index (χ1v) is 7.61. The summed E-state index contributed by atoms with van der Waals surface area (Å²) in [5.74, 6) is 1.16. The second-order valence-electron chi connectivity index (χ2n) is 5.40. The summed E-state index contributed by atoms with van der Waals surface area (Å²) < 4.78 is 0. The van der Waals surface area contributed by atoms with Gasteiger partial charge in [0.1, 0.15) is 0 Å². The van der Waals surface area contributed by atoms with Crippen LogP contribution in [0.3, 0.4) is 0 Å². The molecule has 0 atom stereocenters. The zero-order chi connectivity index (χ0) is 13.0. The average molecular weight is 262 g/mol. The van der Waals surface area contributed by atoms with Gasteiger partial charge < -0.3 is 5.32 Å². The van der Waals surface area contributed by atoms with Gasteiger partial charge in [-0.2, -0.15) is 0 Å². The Morgan fingerprint density at radius 3 is 2.50 bits per heavy atom. The molecular formula is C15H22N2S. The lowest BCUT2D eigenvalue weighted by molar-refractivity contribution is 0.446. The van der Waals surface area contributed by atoms with E-state index in [4.69, 9.17) is 0 Å². The van der Waals surface area contributed by atoms with Gasteiger partial charge in [0.25, 0.3) is 0 Å². The largest absolute Gasteiger partial charge is 0.360 e. The van der Waals surface area contributed by atoms with Gasteiger partial charge in [0.2, 0.25) is 0 Å². The highest BCUT2D eigenvalue weighted by molar-refractivity contribution is 8.13. The first kappa shape index (κ1) is 13.5. The molecule has 0 aliphatic carbocycles. The van der Waals surface area contributed by atoms with Crippen LogP contribution in [0.25, 0.3) is 0 Å². The van der Waals surface area contributed by atoms with Gasteiger partial charge in [-0.1, -0.05) is 43.0 Å². The van der Waals surface area contributed by atoms with E-state index >= 15 is 0 Å². The van der Waals surface area contributed by atoms with E-state index in [9.17, 15) is 0 Å². The topological polar surface area (TPSA) is 24.4 Å². The number of aryl methyl sites for hydroxylation is 1. The molecule has 1 aromatic rings. The van der Waals surface area contributed by atoms with Crippen LogP contribution < -0.4 is 5.32 Å². The molecule has 1 aliphatic heterocycles. The molecule has 0 radical (unpaired) electrons. The maximum Gasteiger partial charge on any atom is 0.157 e. The Hall–Kier alpha value is -0.960. The number of nitrogens with zero attached hydrogens (tertiary/aromatic N) is 1. The molecule has 3 heteroatoms. The quantitative estimate of drug-likeness (QED) is 0.900. The number of nitrogens with one attached hydrogen (secondary N) is 1. The third-order valence-electron chi connectivity index (χ3n) is 3.25. The SMILES string of the molecule is CCc1ccc(CN=C2NC(C)(C)CCS2)cc1. The standard InChI is InChI=1S/C15H22N2S/c1-4-12-5-7-13(8-6-12)11-16-14-17-15(2,3)9-10-18-14/h5-8H,4,9-11H2,1-3H3,(H,16,17). The molecule has 1 aliphatic rings. The predicted octanol–water partition coefficient (Wildman–Crippen LogP) is 3.61. The van der Waals surface area contributed by atoms with E-state index < -0.39 is 0 Å². The molecule has 0 saturated carbocycles. The lowest BCUT2D eigenvalue weighted by atomic mass is 10.0. The lowest BCUT2D eigenvalue weighted by Gasteiger charge is -2.32. The molecular weight excluding hydrogens is 240 g/mol. The van der Waals surface area contributed by atoms with Gasteiger partial charge in [0.15, 0.2) is 5.17 Å². The van der Waals surface area contributed by atoms with Gasteiger partial charge in [-0.3, -0.25) is 4.99 Å². The molecule has 1 N–H and O–H groups in total. The molecule has 2 rings (SSSR count). The fraction of sp³-hybridized carbons (Fsp3) is 0.533. The Balaban J connectivity index is 1.97. The van der Waals surface area contributed by atoms with E-state index in [1.165, 1.54) is 17.5 Å². The van der Waals surface area contributed by atoms with Crippen molar-refractivity contribution in [2.45, 2.75) is 45.7 Å². The normalized spacial score (nSPS) is 20.7. The molecule has 98 valence electrons. The molecule has 0 bridgehead atoms. The van der Waals surface area contributed by atoms with Gasteiger partial charge in [-0.15, -0.1) is 0 Å². The number of aliphatic imine (C=N–C) groups is 1. The third kappa shape index (κ3) is 3.77. The molecule has 0 aromatic heterocycles. The fourth-order valence-electron chi connectivity index (χ4n) is 1.92. The van der Waals surface area contributed by atoms with E-state index in [-0.39, 0.29) is 5.54 Å². The van der Waals surface area contributed by atoms with Crippen LogP contribution in [0.1, 0.15) is 38.3 Å². The summed E-state index contributed by atoms with van der Waals surface area (Å²) in [6.07, 6.45) is 2.29. The number of rotatable bonds is 3. The molecule has 18 heavy (non-hydrogen) atoms. The molecule has 1 saturated heterocycles. The maximum absolute atomic E-state index is 4.67. The fourth-order valence-corrected chi connectivity index (χ4v) is 3.23. The summed E-state index contributed by atoms with van der Waals surface area (Å²) >= 11 is 1.83. The molecule has 1 heterocycles. The third-order valence-corrected chi connectivity index (χ3v) is 4.16. The van der Waals surface area contributed by atoms with Crippen molar-refractivity contribution in [2.75, 3.05) is 5.75 Å². The average Bonchev–Trinajstić information content (AvgIpc) is 2.36. The second-order valence-corrected chi connectivity index (χ2v) is 6.48. The Bertz CT molecular complexity index is 421. The molecule has 0 spiro atoms. The van der Waals surface area contributed by atoms with Crippen LogP contribution in [0.5, 0.6) is 0 Å². The molecule has 1 aromatic carbocycles. The highest BCUT2D eigenvalue weighted by Gasteiger charge is 2.23. The Morgan fingerprint density at radius 1 is 1.22 bits per heavy atom. The summed E-state index contributed by atoms with van der Waals surface area (Å²) in [6, 6.07) is 8.75. The van der Waals surface area contributed by atoms with E-state index in [1.807, 2.05) is 11.8 Å². The van der Waals surface area contributed by atoms with Crippen molar-refractivity contribution >= 4 is 16.9 Å². The van der Waals surface area contributed by atoms with E-state index in [0.717, 1.165) is 23.9 Å². The minimum absolute atomic E-state index is 0.191. The Morgan fingerprint density at radius 2 is 1.89 bits per heavy atom. The zero-order valence-electron chi connectivity index (χ0n) is 11.5. The number of hydrogen-bond donors (Lipinski definition) is 1. The molecule has 0 amide bonds. The monoisotopic (exact) mass is 262 g/mol. The summed E-state index contributed by atoms with van der Waals surface area (Å²) in [6.45, 7) is 7.42. The first-order valence-electron chi connectivity index (χ1n) is 6.62. The van der Waals surface area contributed by atoms with Crippen LogP contribution in [0, 0.1) is 0 Å². The molecule has 1 fully saturated rings. The molecule has 2 nitrogen and oxygen atoms in total. The van der Waals surface area contributed by atoms with Crippen LogP contribution in [0.2, 0.25) is 0 Å². The van der Waals surface area contributed by atoms with Gasteiger partial charge in [0, 0.05) is 11.3 Å². The van der Waals surface area contributed by atoms with Gasteiger partial charge in [0.05, 0.1) is 6.54 Å². The van der Waals surface area contributed by atoms with Gasteiger partial charge in [-0.25, -0.2) is 0 Å². The van der Waals surface area contributed by atoms with Crippen molar-refractivity contribution in [1.82, 2.24) is 5.32 Å². The Kier molecular flexibility index (Phi) is 4.33. The van der Waals surface area contributed by atoms with Crippen molar-refractivity contribution in [1.29, 1.82) is 0 Å². The van der Waals surface area contributed by atoms with E-state index in [0.29, 0.717) is 0 Å². The van der Waals surface area contributed by atoms with E-state index in [2.05, 4.69) is 55.3 Å². The van der Waals surface area contributed by atoms with E-state index in [1.54, 1.807) is 0 Å². The second kappa shape index (κ2) is 5.79. The summed E-state index contributed by atoms with van der Waals surface area (Å²) in [5.41, 5.74) is 2.86. The lowest BCUT2D eigenvalue weighted by Crippen LogP contribution is -2.46. The number of thioether (sulfide) groups is 1. The van der Waals surface area contributed by atoms with Crippen LogP contribution >= 0.6 is 11.8 Å². The minimum atomic E-state index is 0.191. The van der Waals surface area contributed by atoms with Crippen LogP contribution in [-0.2, 0) is 13.0 Å². The van der Waals surface area contributed by atoms with Crippen molar-refractivity contribution in [3.63, 3.8) is 0 Å². The zero-order valence-corrected chi connectivity index (χ0v) is 12.3. The summed E-state index contributed by atoms with van der Waals surface area (Å²) in [7, 11) is 0. The minimum Gasteiger partial charge on any atom is -0.360 e. The highest BCUT2D eigenvalue weighted by atomic mass is 32.2. The van der Waals surface area contributed by atoms with Crippen LogP contribution in [-0.4, -0.2) is 16.5 Å². The maximum atomic E-state index is 4.67. The van der Waals surface area contributed by atoms with Crippen LogP contribution in [0.4, 0.5) is 0 Å². The highest BCUT2D eigenvalue weighted by Crippen LogP contribution is 2.21. The predicted molar refractivity (Wildman–Crippen MR) is 81.2 cm³/mol. The number of benzene rings is 1. The first-order chi connectivity index (χ1) is 8.59. The van der Waals surface area contributed by atoms with Crippen molar-refractivity contribution in [3.8, 4) is 0 Å². The van der Waals surface area contributed by atoms with Gasteiger partial charge in [-0.05, 0) is 37.8 Å². The summed E-state index contributed by atoms with van der Waals surface area (Å²) in [5, 5.41) is 4.59. The van der Waals surface area contributed by atoms with Crippen molar-refractivity contribution < 1.29 is 0 Å². The smallest absolute Gasteiger partial charge is 0.157 e. The number of hydrogen-bond acceptors (Lipinski definition) is 2. The summed E-state index contributed by atoms with van der Waals surface area (Å²) in [4.78, 5) is 4.67. The number of amidine groups is 1. The van der Waals surface area contributed by atoms with Crippen molar-refractivity contribution in [3.05, 3.63) is 35.4 Å². The van der Waals surface area contributed by atoms with Crippen LogP contribution in [0.15, 0.2) is 29.3 Å². The van der Waals surface area contributed by atoms with Gasteiger partial charge >= 0.3 is 0 Å².